The van der Waals surface area contributed by atoms with Crippen LogP contribution in [0.3, 0.4) is 0 Å². The molecule has 0 N–H and O–H groups in total. The van der Waals surface area contributed by atoms with E-state index >= 15 is 0 Å². The highest BCUT2D eigenvalue weighted by Gasteiger charge is 2.28. The van der Waals surface area contributed by atoms with E-state index in [0.717, 1.165) is 16.5 Å². The summed E-state index contributed by atoms with van der Waals surface area (Å²) in [5.74, 6) is 0. The number of hydrogen-bond donors (Lipinski definition) is 0. The molecular weight excluding hydrogens is 374 g/mol. The Balaban J connectivity index is 1.99. The summed E-state index contributed by atoms with van der Waals surface area (Å²) in [6.45, 7) is 4.26. The van der Waals surface area contributed by atoms with Crippen LogP contribution in [0.4, 0.5) is 5.69 Å². The number of nitriles is 1. The van der Waals surface area contributed by atoms with Gasteiger partial charge in [-0.1, -0.05) is 17.7 Å². The molecule has 1 saturated heterocycles. The van der Waals surface area contributed by atoms with Gasteiger partial charge in [0.25, 0.3) is 0 Å². The number of hydrogen-bond acceptors (Lipinski definition) is 6. The van der Waals surface area contributed by atoms with Crippen molar-refractivity contribution in [1.29, 1.82) is 5.26 Å². The standard InChI is InChI=1S/C21H19N3O3S/c1-15-5-6-19-18(11-15)21(24-7-9-27-10-8-24)20(14-23-19)28(25,26)17-4-2-3-16(12-17)13-22/h2-6,11-12,14H,7-10H2,1H3. The highest BCUT2D eigenvalue weighted by Crippen LogP contribution is 2.36. The van der Waals surface area contributed by atoms with Crippen molar-refractivity contribution in [3.8, 4) is 6.07 Å². The topological polar surface area (TPSA) is 83.3 Å². The molecule has 1 aliphatic rings. The first-order valence-corrected chi connectivity index (χ1v) is 10.5. The lowest BCUT2D eigenvalue weighted by Crippen LogP contribution is -2.37. The zero-order chi connectivity index (χ0) is 19.7. The highest BCUT2D eigenvalue weighted by atomic mass is 32.2. The number of sulfone groups is 1. The minimum absolute atomic E-state index is 0.0925. The summed E-state index contributed by atoms with van der Waals surface area (Å²) in [4.78, 5) is 6.71. The maximum Gasteiger partial charge on any atom is 0.210 e. The zero-order valence-electron chi connectivity index (χ0n) is 15.4. The van der Waals surface area contributed by atoms with E-state index in [1.807, 2.05) is 36.1 Å². The Morgan fingerprint density at radius 1 is 1.14 bits per heavy atom. The number of benzene rings is 2. The van der Waals surface area contributed by atoms with Crippen molar-refractivity contribution in [2.24, 2.45) is 0 Å². The van der Waals surface area contributed by atoms with Gasteiger partial charge in [0.1, 0.15) is 4.90 Å². The van der Waals surface area contributed by atoms with Gasteiger partial charge in [0.2, 0.25) is 9.84 Å². The minimum Gasteiger partial charge on any atom is -0.378 e. The Morgan fingerprint density at radius 2 is 1.93 bits per heavy atom. The van der Waals surface area contributed by atoms with Crippen LogP contribution >= 0.6 is 0 Å². The summed E-state index contributed by atoms with van der Waals surface area (Å²) in [6, 6.07) is 13.9. The average molecular weight is 393 g/mol. The molecule has 142 valence electrons. The van der Waals surface area contributed by atoms with E-state index in [1.54, 1.807) is 12.1 Å². The van der Waals surface area contributed by atoms with E-state index in [0.29, 0.717) is 37.6 Å². The summed E-state index contributed by atoms with van der Waals surface area (Å²) in [7, 11) is -3.85. The number of aryl methyl sites for hydroxylation is 1. The number of morpholine rings is 1. The fraction of sp³-hybridized carbons (Fsp3) is 0.238. The summed E-state index contributed by atoms with van der Waals surface area (Å²) < 4.78 is 32.4. The summed E-state index contributed by atoms with van der Waals surface area (Å²) in [5.41, 5.74) is 2.74. The fourth-order valence-electron chi connectivity index (χ4n) is 3.44. The Hall–Kier alpha value is -2.95. The molecule has 0 bridgehead atoms. The molecule has 0 spiro atoms. The molecule has 2 heterocycles. The lowest BCUT2D eigenvalue weighted by Gasteiger charge is -2.31. The van der Waals surface area contributed by atoms with Gasteiger partial charge in [0.15, 0.2) is 0 Å². The second-order valence-corrected chi connectivity index (χ2v) is 8.65. The molecule has 4 rings (SSSR count). The third-order valence-electron chi connectivity index (χ3n) is 4.85. The first-order valence-electron chi connectivity index (χ1n) is 8.98. The predicted molar refractivity (Wildman–Crippen MR) is 106 cm³/mol. The molecular formula is C21H19N3O3S. The first-order chi connectivity index (χ1) is 13.5. The molecule has 7 heteroatoms. The molecule has 6 nitrogen and oxygen atoms in total. The minimum atomic E-state index is -3.85. The highest BCUT2D eigenvalue weighted by molar-refractivity contribution is 7.91. The molecule has 0 aliphatic carbocycles. The van der Waals surface area contributed by atoms with Gasteiger partial charge in [-0.25, -0.2) is 8.42 Å². The first kappa shape index (κ1) is 18.4. The van der Waals surface area contributed by atoms with E-state index < -0.39 is 9.84 Å². The molecule has 0 radical (unpaired) electrons. The largest absolute Gasteiger partial charge is 0.378 e. The lowest BCUT2D eigenvalue weighted by atomic mass is 10.1. The molecule has 1 aliphatic heterocycles. The van der Waals surface area contributed by atoms with Crippen LogP contribution in [0.15, 0.2) is 58.5 Å². The number of fused-ring (bicyclic) bond motifs is 1. The molecule has 0 unspecified atom stereocenters. The van der Waals surface area contributed by atoms with Crippen molar-refractivity contribution in [1.82, 2.24) is 4.98 Å². The van der Waals surface area contributed by atoms with Crippen LogP contribution in [0.25, 0.3) is 10.9 Å². The van der Waals surface area contributed by atoms with Crippen LogP contribution in [0.5, 0.6) is 0 Å². The lowest BCUT2D eigenvalue weighted by molar-refractivity contribution is 0.122. The molecule has 3 aromatic rings. The summed E-state index contributed by atoms with van der Waals surface area (Å²) >= 11 is 0. The summed E-state index contributed by atoms with van der Waals surface area (Å²) in [5, 5.41) is 9.95. The van der Waals surface area contributed by atoms with E-state index in [1.165, 1.54) is 18.3 Å². The Kier molecular flexibility index (Phi) is 4.75. The molecule has 1 fully saturated rings. The number of aromatic nitrogens is 1. The van der Waals surface area contributed by atoms with Crippen molar-refractivity contribution in [3.05, 3.63) is 59.8 Å². The number of anilines is 1. The van der Waals surface area contributed by atoms with Gasteiger partial charge in [0, 0.05) is 24.7 Å². The molecule has 28 heavy (non-hydrogen) atoms. The van der Waals surface area contributed by atoms with Crippen molar-refractivity contribution in [2.75, 3.05) is 31.2 Å². The SMILES string of the molecule is Cc1ccc2ncc(S(=O)(=O)c3cccc(C#N)c3)c(N3CCOCC3)c2c1. The van der Waals surface area contributed by atoms with Gasteiger partial charge in [-0.15, -0.1) is 0 Å². The van der Waals surface area contributed by atoms with E-state index in [-0.39, 0.29) is 9.79 Å². The smallest absolute Gasteiger partial charge is 0.210 e. The van der Waals surface area contributed by atoms with Gasteiger partial charge in [-0.2, -0.15) is 5.26 Å². The maximum atomic E-state index is 13.5. The van der Waals surface area contributed by atoms with Gasteiger partial charge < -0.3 is 9.64 Å². The number of pyridine rings is 1. The van der Waals surface area contributed by atoms with Crippen molar-refractivity contribution in [3.63, 3.8) is 0 Å². The van der Waals surface area contributed by atoms with Crippen LogP contribution in [0, 0.1) is 18.3 Å². The molecule has 1 aromatic heterocycles. The van der Waals surface area contributed by atoms with Crippen LogP contribution in [0.1, 0.15) is 11.1 Å². The molecule has 2 aromatic carbocycles. The Bertz CT molecular complexity index is 1190. The molecule has 0 saturated carbocycles. The second kappa shape index (κ2) is 7.23. The third kappa shape index (κ3) is 3.21. The Labute approximate surface area is 163 Å². The second-order valence-electron chi connectivity index (χ2n) is 6.73. The van der Waals surface area contributed by atoms with Crippen LogP contribution in [-0.2, 0) is 14.6 Å². The van der Waals surface area contributed by atoms with Crippen LogP contribution < -0.4 is 4.90 Å². The summed E-state index contributed by atoms with van der Waals surface area (Å²) in [6.07, 6.45) is 1.43. The monoisotopic (exact) mass is 393 g/mol. The van der Waals surface area contributed by atoms with Gasteiger partial charge in [-0.05, 0) is 37.3 Å². The number of rotatable bonds is 3. The zero-order valence-corrected chi connectivity index (χ0v) is 16.2. The van der Waals surface area contributed by atoms with Crippen molar-refractivity contribution >= 4 is 26.4 Å². The third-order valence-corrected chi connectivity index (χ3v) is 6.60. The van der Waals surface area contributed by atoms with Gasteiger partial charge in [-0.3, -0.25) is 4.98 Å². The molecule has 0 atom stereocenters. The average Bonchev–Trinajstić information content (AvgIpc) is 2.73. The number of nitrogens with zero attached hydrogens (tertiary/aromatic N) is 3. The van der Waals surface area contributed by atoms with Gasteiger partial charge >= 0.3 is 0 Å². The van der Waals surface area contributed by atoms with Crippen LogP contribution in [-0.4, -0.2) is 39.7 Å². The van der Waals surface area contributed by atoms with E-state index in [2.05, 4.69) is 4.98 Å². The van der Waals surface area contributed by atoms with Gasteiger partial charge in [0.05, 0.1) is 40.9 Å². The van der Waals surface area contributed by atoms with E-state index in [4.69, 9.17) is 10.00 Å². The quantitative estimate of drug-likeness (QED) is 0.680. The van der Waals surface area contributed by atoms with Crippen molar-refractivity contribution < 1.29 is 13.2 Å². The fourth-order valence-corrected chi connectivity index (χ4v) is 4.92. The van der Waals surface area contributed by atoms with E-state index in [9.17, 15) is 8.42 Å². The van der Waals surface area contributed by atoms with Crippen molar-refractivity contribution in [2.45, 2.75) is 16.7 Å². The van der Waals surface area contributed by atoms with Crippen LogP contribution in [0.2, 0.25) is 0 Å². The number of ether oxygens (including phenoxy) is 1. The predicted octanol–water partition coefficient (Wildman–Crippen LogP) is 3.08. The maximum absolute atomic E-state index is 13.5. The molecule has 0 amide bonds. The normalized spacial score (nSPS) is 14.8. The Morgan fingerprint density at radius 3 is 2.68 bits per heavy atom.